The van der Waals surface area contributed by atoms with Gasteiger partial charge < -0.3 is 0 Å². The summed E-state index contributed by atoms with van der Waals surface area (Å²) in [7, 11) is 0. The van der Waals surface area contributed by atoms with Gasteiger partial charge in [0.2, 0.25) is 0 Å². The van der Waals surface area contributed by atoms with Crippen molar-refractivity contribution in [3.63, 3.8) is 0 Å². The van der Waals surface area contributed by atoms with Crippen LogP contribution >= 0.6 is 11.3 Å². The second-order valence-electron chi connectivity index (χ2n) is 5.61. The average Bonchev–Trinajstić information content (AvgIpc) is 3.04. The molecule has 5 nitrogen and oxygen atoms in total. The first-order chi connectivity index (χ1) is 13.4. The van der Waals surface area contributed by atoms with E-state index in [1.54, 1.807) is 11.3 Å². The number of hydrogen-bond donors (Lipinski definition) is 0. The molecule has 0 fully saturated rings. The third-order valence-electron chi connectivity index (χ3n) is 3.47. The molecule has 0 spiro atoms. The lowest BCUT2D eigenvalue weighted by molar-refractivity contribution is 0.875. The molecular weight excluding hydrogens is 366 g/mol. The fourth-order valence-electron chi connectivity index (χ4n) is 2.65. The Bertz CT molecular complexity index is 974. The number of hydrogen-bond acceptors (Lipinski definition) is 6. The molecule has 0 unspecified atom stereocenters. The van der Waals surface area contributed by atoms with E-state index in [1.165, 1.54) is 14.8 Å². The van der Waals surface area contributed by atoms with Crippen molar-refractivity contribution >= 4 is 31.6 Å². The smallest absolute Gasteiger partial charge is 0.129 e. The Morgan fingerprint density at radius 3 is 1.61 bits per heavy atom. The fourth-order valence-corrected chi connectivity index (χ4v) is 3.73. The molecule has 0 atom stereocenters. The van der Waals surface area contributed by atoms with Crippen LogP contribution in [0.2, 0.25) is 0 Å². The first kappa shape index (κ1) is 23.6. The summed E-state index contributed by atoms with van der Waals surface area (Å²) >= 11 is 1.77. The summed E-state index contributed by atoms with van der Waals surface area (Å²) in [6.07, 6.45) is 0. The van der Waals surface area contributed by atoms with E-state index in [-0.39, 0.29) is 0 Å². The van der Waals surface area contributed by atoms with Crippen molar-refractivity contribution in [2.24, 2.45) is 0 Å². The summed E-state index contributed by atoms with van der Waals surface area (Å²) in [6, 6.07) is 8.38. The first-order valence-electron chi connectivity index (χ1n) is 9.72. The van der Waals surface area contributed by atoms with Crippen LogP contribution in [0.15, 0.2) is 24.3 Å². The van der Waals surface area contributed by atoms with Crippen molar-refractivity contribution < 1.29 is 0 Å². The van der Waals surface area contributed by atoms with Gasteiger partial charge in [0.25, 0.3) is 0 Å². The Morgan fingerprint density at radius 1 is 0.607 bits per heavy atom. The highest BCUT2D eigenvalue weighted by molar-refractivity contribution is 7.25. The zero-order valence-corrected chi connectivity index (χ0v) is 19.3. The summed E-state index contributed by atoms with van der Waals surface area (Å²) in [5, 5.41) is 1.24. The Morgan fingerprint density at radius 2 is 1.07 bits per heavy atom. The topological polar surface area (TPSA) is 64.5 Å². The molecule has 0 saturated heterocycles. The van der Waals surface area contributed by atoms with E-state index in [9.17, 15) is 0 Å². The molecule has 6 heteroatoms. The van der Waals surface area contributed by atoms with Crippen LogP contribution in [0.4, 0.5) is 0 Å². The number of benzene rings is 1. The Labute approximate surface area is 172 Å². The quantitative estimate of drug-likeness (QED) is 0.348. The molecular formula is C22H31N5S. The molecule has 28 heavy (non-hydrogen) atoms. The largest absolute Gasteiger partial charge is 0.237 e. The minimum atomic E-state index is 0.792. The number of aromatic nitrogens is 5. The zero-order chi connectivity index (χ0) is 21.3. The van der Waals surface area contributed by atoms with Crippen LogP contribution in [0.5, 0.6) is 0 Å². The average molecular weight is 398 g/mol. The number of thiophene rings is 1. The molecule has 1 aromatic carbocycles. The van der Waals surface area contributed by atoms with Crippen molar-refractivity contribution in [3.8, 4) is 0 Å². The van der Waals surface area contributed by atoms with Crippen molar-refractivity contribution in [3.05, 3.63) is 53.3 Å². The molecule has 0 bridgehead atoms. The van der Waals surface area contributed by atoms with Crippen molar-refractivity contribution in [2.75, 3.05) is 0 Å². The fraction of sp³-hybridized carbons (Fsp3) is 0.409. The normalized spacial score (nSPS) is 9.61. The Hall–Kier alpha value is -2.47. The van der Waals surface area contributed by atoms with Crippen LogP contribution in [0.3, 0.4) is 0 Å². The molecule has 0 aliphatic rings. The molecule has 0 aliphatic heterocycles. The van der Waals surface area contributed by atoms with Crippen molar-refractivity contribution in [1.29, 1.82) is 0 Å². The maximum absolute atomic E-state index is 4.52. The number of fused-ring (bicyclic) bond motifs is 3. The highest BCUT2D eigenvalue weighted by atomic mass is 32.1. The second-order valence-corrected chi connectivity index (χ2v) is 6.66. The van der Waals surface area contributed by atoms with Gasteiger partial charge in [-0.3, -0.25) is 0 Å². The van der Waals surface area contributed by atoms with E-state index in [0.29, 0.717) is 0 Å². The molecule has 3 heterocycles. The van der Waals surface area contributed by atoms with Gasteiger partial charge in [-0.25, -0.2) is 24.9 Å². The number of aryl methyl sites for hydroxylation is 5. The number of nitrogens with zero attached hydrogens (tertiary/aromatic N) is 5. The maximum Gasteiger partial charge on any atom is 0.129 e. The minimum Gasteiger partial charge on any atom is -0.237 e. The monoisotopic (exact) mass is 397 g/mol. The van der Waals surface area contributed by atoms with Gasteiger partial charge in [-0.1, -0.05) is 45.9 Å². The van der Waals surface area contributed by atoms with Gasteiger partial charge >= 0.3 is 0 Å². The van der Waals surface area contributed by atoms with Crippen molar-refractivity contribution in [1.82, 2.24) is 24.9 Å². The lowest BCUT2D eigenvalue weighted by atomic mass is 10.2. The first-order valence-corrected chi connectivity index (χ1v) is 10.5. The molecule has 0 amide bonds. The molecule has 3 aromatic heterocycles. The highest BCUT2D eigenvalue weighted by Gasteiger charge is 2.09. The Balaban J connectivity index is 0.000000260. The molecule has 4 rings (SSSR count). The van der Waals surface area contributed by atoms with E-state index in [2.05, 4.69) is 49.2 Å². The number of rotatable bonds is 0. The van der Waals surface area contributed by atoms with Crippen LogP contribution in [-0.4, -0.2) is 24.9 Å². The van der Waals surface area contributed by atoms with Gasteiger partial charge in [-0.15, -0.1) is 11.3 Å². The second kappa shape index (κ2) is 11.4. The van der Waals surface area contributed by atoms with Crippen molar-refractivity contribution in [2.45, 2.75) is 62.3 Å². The van der Waals surface area contributed by atoms with Crippen LogP contribution in [-0.2, 0) is 0 Å². The van der Waals surface area contributed by atoms with E-state index in [1.807, 2.05) is 62.3 Å². The standard InChI is InChI=1S/C12H10N2S.C6H9N3.2C2H6/c1-7-12-11(14-8(2)13-7)9-5-3-4-6-10(9)15-12;1-4-7-5(2)9-6(3)8-4;2*1-2/h3-6H,1-2H3;1-3H3;2*1-2H3. The molecule has 150 valence electrons. The van der Waals surface area contributed by atoms with Crippen LogP contribution in [0, 0.1) is 34.6 Å². The molecule has 0 radical (unpaired) electrons. The third-order valence-corrected chi connectivity index (χ3v) is 4.74. The van der Waals surface area contributed by atoms with Crippen LogP contribution in [0.1, 0.15) is 56.7 Å². The summed E-state index contributed by atoms with van der Waals surface area (Å²) in [4.78, 5) is 21.0. The molecule has 0 aliphatic carbocycles. The molecule has 4 aromatic rings. The minimum absolute atomic E-state index is 0.792. The lowest BCUT2D eigenvalue weighted by Crippen LogP contribution is -1.97. The SMILES string of the molecule is CC.CC.Cc1nc(C)c2sc3ccccc3c2n1.Cc1nc(C)nc(C)n1. The van der Waals surface area contributed by atoms with Gasteiger partial charge in [0.1, 0.15) is 23.3 Å². The predicted molar refractivity (Wildman–Crippen MR) is 121 cm³/mol. The summed E-state index contributed by atoms with van der Waals surface area (Å²) < 4.78 is 2.50. The summed E-state index contributed by atoms with van der Waals surface area (Å²) in [5.74, 6) is 3.23. The Kier molecular flexibility index (Phi) is 9.59. The summed E-state index contributed by atoms with van der Waals surface area (Å²) in [6.45, 7) is 17.6. The van der Waals surface area contributed by atoms with E-state index >= 15 is 0 Å². The van der Waals surface area contributed by atoms with Gasteiger partial charge in [0, 0.05) is 10.1 Å². The highest BCUT2D eigenvalue weighted by Crippen LogP contribution is 2.33. The third kappa shape index (κ3) is 6.02. The van der Waals surface area contributed by atoms with Gasteiger partial charge in [-0.05, 0) is 40.7 Å². The van der Waals surface area contributed by atoms with Gasteiger partial charge in [0.05, 0.1) is 15.9 Å². The predicted octanol–water partition coefficient (Wildman–Crippen LogP) is 6.31. The molecule has 0 N–H and O–H groups in total. The molecule has 0 saturated carbocycles. The van der Waals surface area contributed by atoms with Crippen LogP contribution < -0.4 is 0 Å². The summed E-state index contributed by atoms with van der Waals surface area (Å²) in [5.41, 5.74) is 2.18. The van der Waals surface area contributed by atoms with E-state index in [4.69, 9.17) is 0 Å². The zero-order valence-electron chi connectivity index (χ0n) is 18.5. The van der Waals surface area contributed by atoms with E-state index in [0.717, 1.165) is 34.5 Å². The van der Waals surface area contributed by atoms with E-state index < -0.39 is 0 Å². The van der Waals surface area contributed by atoms with Crippen LogP contribution in [0.25, 0.3) is 20.3 Å². The van der Waals surface area contributed by atoms with Gasteiger partial charge in [-0.2, -0.15) is 0 Å². The maximum atomic E-state index is 4.52. The lowest BCUT2D eigenvalue weighted by Gasteiger charge is -1.96. The van der Waals surface area contributed by atoms with Gasteiger partial charge in [0.15, 0.2) is 0 Å².